The van der Waals surface area contributed by atoms with Gasteiger partial charge in [-0.1, -0.05) is 12.1 Å². The lowest BCUT2D eigenvalue weighted by molar-refractivity contribution is 0.0696. The number of carboxylic acid groups (broad SMARTS) is 2. The average Bonchev–Trinajstić information content (AvgIpc) is 2.87. The third-order valence-corrected chi connectivity index (χ3v) is 5.38. The number of nitrogens with two attached hydrogens (primary N) is 1. The number of carbonyl (C=O) groups excluding carboxylic acids is 1. The Bertz CT molecular complexity index is 1500. The maximum Gasteiger partial charge on any atom is 0.335 e. The van der Waals surface area contributed by atoms with Crippen LogP contribution in [-0.4, -0.2) is 52.2 Å². The molecule has 0 bridgehead atoms. The fourth-order valence-corrected chi connectivity index (χ4v) is 3.69. The summed E-state index contributed by atoms with van der Waals surface area (Å²) in [6, 6.07) is 12.3. The molecule has 0 unspecified atom stereocenters. The minimum absolute atomic E-state index is 0.0385. The molecule has 5 N–H and O–H groups in total. The molecule has 0 aliphatic carbocycles. The summed E-state index contributed by atoms with van der Waals surface area (Å²) in [5.74, 6) is -2.65. The number of amides is 1. The number of carbonyl (C=O) groups is 3. The summed E-state index contributed by atoms with van der Waals surface area (Å²) < 4.78 is 10.5. The molecule has 36 heavy (non-hydrogen) atoms. The van der Waals surface area contributed by atoms with E-state index < -0.39 is 17.8 Å². The lowest BCUT2D eigenvalue weighted by Crippen LogP contribution is -2.14. The fraction of sp³-hybridized carbons (Fsp3) is 0.0800. The van der Waals surface area contributed by atoms with E-state index in [1.807, 2.05) is 0 Å². The first-order chi connectivity index (χ1) is 17.2. The standard InChI is InChI=1S/C25H20N4O7/c1-35-20-6-5-16(23(29-20)36-2)12-3-4-17-19(10-12)27-11-18(22(26)30)21(17)28-15-8-13(24(31)32)7-14(9-15)25(33)34/h3-11H,1-2H3,(H2,26,30)(H,27,28)(H,31,32)(H,33,34). The zero-order valence-electron chi connectivity index (χ0n) is 19.1. The molecule has 0 atom stereocenters. The number of primary amides is 1. The molecule has 2 aromatic carbocycles. The number of nitrogens with one attached hydrogen (secondary N) is 1. The van der Waals surface area contributed by atoms with Gasteiger partial charge in [0, 0.05) is 28.9 Å². The number of aromatic nitrogens is 2. The van der Waals surface area contributed by atoms with Gasteiger partial charge in [-0.15, -0.1) is 0 Å². The third kappa shape index (κ3) is 4.57. The number of ether oxygens (including phenoxy) is 2. The molecule has 11 heteroatoms. The Balaban J connectivity index is 1.87. The molecule has 2 aromatic heterocycles. The van der Waals surface area contributed by atoms with Crippen LogP contribution in [-0.2, 0) is 0 Å². The Hall–Kier alpha value is -5.19. The van der Waals surface area contributed by atoms with Gasteiger partial charge in [-0.2, -0.15) is 4.98 Å². The first-order valence-corrected chi connectivity index (χ1v) is 10.4. The zero-order chi connectivity index (χ0) is 26.0. The average molecular weight is 488 g/mol. The van der Waals surface area contributed by atoms with Crippen molar-refractivity contribution >= 4 is 40.1 Å². The van der Waals surface area contributed by atoms with Crippen molar-refractivity contribution in [1.82, 2.24) is 9.97 Å². The van der Waals surface area contributed by atoms with Crippen molar-refractivity contribution in [2.45, 2.75) is 0 Å². The molecule has 4 rings (SSSR count). The number of pyridine rings is 2. The first kappa shape index (κ1) is 24.0. The topological polar surface area (TPSA) is 174 Å². The lowest BCUT2D eigenvalue weighted by Gasteiger charge is -2.15. The van der Waals surface area contributed by atoms with E-state index in [0.29, 0.717) is 28.2 Å². The minimum atomic E-state index is -1.30. The Morgan fingerprint density at radius 2 is 1.61 bits per heavy atom. The monoisotopic (exact) mass is 488 g/mol. The summed E-state index contributed by atoms with van der Waals surface area (Å²) in [6.07, 6.45) is 1.29. The van der Waals surface area contributed by atoms with Gasteiger partial charge in [-0.25, -0.2) is 9.59 Å². The summed E-state index contributed by atoms with van der Waals surface area (Å²) >= 11 is 0. The van der Waals surface area contributed by atoms with Crippen molar-refractivity contribution < 1.29 is 34.1 Å². The second-order valence-corrected chi connectivity index (χ2v) is 7.59. The second kappa shape index (κ2) is 9.58. The number of hydrogen-bond acceptors (Lipinski definition) is 8. The number of aromatic carboxylic acids is 2. The normalized spacial score (nSPS) is 10.6. The van der Waals surface area contributed by atoms with Gasteiger partial charge in [0.1, 0.15) is 0 Å². The van der Waals surface area contributed by atoms with Crippen LogP contribution < -0.4 is 20.5 Å². The number of rotatable bonds is 8. The van der Waals surface area contributed by atoms with Crippen molar-refractivity contribution in [3.63, 3.8) is 0 Å². The molecule has 0 spiro atoms. The van der Waals surface area contributed by atoms with E-state index >= 15 is 0 Å². The van der Waals surface area contributed by atoms with Gasteiger partial charge in [0.15, 0.2) is 0 Å². The molecule has 0 radical (unpaired) electrons. The zero-order valence-corrected chi connectivity index (χ0v) is 19.1. The molecule has 0 fully saturated rings. The van der Waals surface area contributed by atoms with E-state index in [0.717, 1.165) is 11.6 Å². The first-order valence-electron chi connectivity index (χ1n) is 10.4. The highest BCUT2D eigenvalue weighted by molar-refractivity contribution is 6.08. The van der Waals surface area contributed by atoms with Crippen LogP contribution in [0, 0.1) is 0 Å². The molecule has 0 saturated heterocycles. The Morgan fingerprint density at radius 1 is 0.917 bits per heavy atom. The highest BCUT2D eigenvalue weighted by atomic mass is 16.5. The highest BCUT2D eigenvalue weighted by Gasteiger charge is 2.18. The van der Waals surface area contributed by atoms with Crippen LogP contribution in [0.3, 0.4) is 0 Å². The van der Waals surface area contributed by atoms with Crippen LogP contribution in [0.2, 0.25) is 0 Å². The molecule has 1 amide bonds. The molecule has 0 saturated carbocycles. The number of hydrogen-bond donors (Lipinski definition) is 4. The van der Waals surface area contributed by atoms with Crippen molar-refractivity contribution in [2.75, 3.05) is 19.5 Å². The van der Waals surface area contributed by atoms with E-state index in [1.54, 1.807) is 30.3 Å². The quantitative estimate of drug-likeness (QED) is 0.287. The molecule has 0 aliphatic rings. The smallest absolute Gasteiger partial charge is 0.335 e. The molecule has 2 heterocycles. The van der Waals surface area contributed by atoms with Gasteiger partial charge in [0.2, 0.25) is 11.8 Å². The molecule has 11 nitrogen and oxygen atoms in total. The highest BCUT2D eigenvalue weighted by Crippen LogP contribution is 2.35. The van der Waals surface area contributed by atoms with Gasteiger partial charge in [0.05, 0.1) is 42.1 Å². The summed E-state index contributed by atoms with van der Waals surface area (Å²) in [4.78, 5) is 43.8. The van der Waals surface area contributed by atoms with Crippen LogP contribution in [0.25, 0.3) is 22.0 Å². The number of methoxy groups -OCH3 is 2. The van der Waals surface area contributed by atoms with Crippen LogP contribution >= 0.6 is 0 Å². The van der Waals surface area contributed by atoms with E-state index in [1.165, 1.54) is 32.5 Å². The van der Waals surface area contributed by atoms with Crippen LogP contribution in [0.1, 0.15) is 31.1 Å². The van der Waals surface area contributed by atoms with Crippen LogP contribution in [0.5, 0.6) is 11.8 Å². The van der Waals surface area contributed by atoms with Gasteiger partial charge in [-0.3, -0.25) is 9.78 Å². The minimum Gasteiger partial charge on any atom is -0.481 e. The maximum atomic E-state index is 12.2. The van der Waals surface area contributed by atoms with E-state index in [2.05, 4.69) is 15.3 Å². The SMILES string of the molecule is COc1ccc(-c2ccc3c(Nc4cc(C(=O)O)cc(C(=O)O)c4)c(C(N)=O)cnc3c2)c(OC)n1. The molecule has 182 valence electrons. The summed E-state index contributed by atoms with van der Waals surface area (Å²) in [7, 11) is 2.99. The van der Waals surface area contributed by atoms with Gasteiger partial charge in [-0.05, 0) is 35.9 Å². The second-order valence-electron chi connectivity index (χ2n) is 7.59. The van der Waals surface area contributed by atoms with Gasteiger partial charge < -0.3 is 30.7 Å². The number of fused-ring (bicyclic) bond motifs is 1. The summed E-state index contributed by atoms with van der Waals surface area (Å²) in [6.45, 7) is 0. The van der Waals surface area contributed by atoms with Crippen molar-refractivity contribution in [3.8, 4) is 22.9 Å². The fourth-order valence-electron chi connectivity index (χ4n) is 3.69. The molecule has 4 aromatic rings. The number of carboxylic acids is 2. The van der Waals surface area contributed by atoms with Gasteiger partial charge >= 0.3 is 11.9 Å². The number of nitrogens with zero attached hydrogens (tertiary/aromatic N) is 2. The number of benzene rings is 2. The molecule has 0 aliphatic heterocycles. The summed E-state index contributed by atoms with van der Waals surface area (Å²) in [5.41, 5.74) is 7.39. The van der Waals surface area contributed by atoms with Crippen molar-refractivity contribution in [2.24, 2.45) is 5.73 Å². The number of anilines is 2. The summed E-state index contributed by atoms with van der Waals surface area (Å²) in [5, 5.41) is 22.2. The molecular formula is C25H20N4O7. The van der Waals surface area contributed by atoms with Gasteiger partial charge in [0.25, 0.3) is 5.91 Å². The van der Waals surface area contributed by atoms with Crippen LogP contribution in [0.15, 0.2) is 54.7 Å². The van der Waals surface area contributed by atoms with Crippen molar-refractivity contribution in [1.29, 1.82) is 0 Å². The van der Waals surface area contributed by atoms with Crippen LogP contribution in [0.4, 0.5) is 11.4 Å². The predicted octanol–water partition coefficient (Wildman–Crippen LogP) is 3.55. The van der Waals surface area contributed by atoms with Crippen molar-refractivity contribution in [3.05, 3.63) is 71.4 Å². The lowest BCUT2D eigenvalue weighted by atomic mass is 10.0. The van der Waals surface area contributed by atoms with E-state index in [4.69, 9.17) is 15.2 Å². The van der Waals surface area contributed by atoms with E-state index in [9.17, 15) is 24.6 Å². The Morgan fingerprint density at radius 3 is 2.19 bits per heavy atom. The van der Waals surface area contributed by atoms with E-state index in [-0.39, 0.29) is 28.1 Å². The Kier molecular flexibility index (Phi) is 6.38. The molecular weight excluding hydrogens is 468 g/mol. The third-order valence-electron chi connectivity index (χ3n) is 5.38. The Labute approximate surface area is 204 Å². The predicted molar refractivity (Wildman–Crippen MR) is 130 cm³/mol. The maximum absolute atomic E-state index is 12.2. The largest absolute Gasteiger partial charge is 0.481 e.